The second-order valence-electron chi connectivity index (χ2n) is 15.4. The number of nitrogens with zero attached hydrogens (tertiary/aromatic N) is 4. The fourth-order valence-corrected chi connectivity index (χ4v) is 9.18. The Morgan fingerprint density at radius 3 is 1.98 bits per heavy atom. The summed E-state index contributed by atoms with van der Waals surface area (Å²) in [5.74, 6) is -3.86. The molecule has 9 rings (SSSR count). The Morgan fingerprint density at radius 2 is 1.34 bits per heavy atom. The van der Waals surface area contributed by atoms with Crippen LogP contribution in [-0.2, 0) is 19.1 Å². The highest BCUT2D eigenvalue weighted by Gasteiger charge is 2.48. The zero-order valence-electron chi connectivity index (χ0n) is 31.6. The third-order valence-electron chi connectivity index (χ3n) is 12.2. The number of halogens is 1. The zero-order valence-corrected chi connectivity index (χ0v) is 31.6. The lowest BCUT2D eigenvalue weighted by atomic mass is 9.85. The average molecular weight is 785 g/mol. The number of anilines is 2. The van der Waals surface area contributed by atoms with Crippen molar-refractivity contribution in [3.05, 3.63) is 119 Å². The number of carbonyl (C=O) groups excluding carboxylic acids is 6. The highest BCUT2D eigenvalue weighted by Crippen LogP contribution is 2.44. The van der Waals surface area contributed by atoms with Crippen LogP contribution in [0.5, 0.6) is 0 Å². The number of hydrogen-bond donors (Lipinski definition) is 2. The van der Waals surface area contributed by atoms with Crippen molar-refractivity contribution in [2.75, 3.05) is 55.7 Å². The number of carbonyl (C=O) groups is 6. The predicted octanol–water partition coefficient (Wildman–Crippen LogP) is 4.45. The van der Waals surface area contributed by atoms with Crippen molar-refractivity contribution in [3.63, 3.8) is 0 Å². The number of hydrogen-bond acceptors (Lipinski definition) is 9. The third kappa shape index (κ3) is 6.42. The first-order valence-electron chi connectivity index (χ1n) is 19.6. The molecular weight excluding hydrogens is 744 g/mol. The Bertz CT molecular complexity index is 2310. The fourth-order valence-electron chi connectivity index (χ4n) is 9.18. The molecule has 0 bridgehead atoms. The van der Waals surface area contributed by atoms with E-state index in [2.05, 4.69) is 27.7 Å². The summed E-state index contributed by atoms with van der Waals surface area (Å²) in [5.41, 5.74) is 4.09. The van der Waals surface area contributed by atoms with Crippen LogP contribution in [-0.4, -0.2) is 103 Å². The van der Waals surface area contributed by atoms with Crippen LogP contribution >= 0.6 is 0 Å². The topological polar surface area (TPSA) is 149 Å². The van der Waals surface area contributed by atoms with Crippen molar-refractivity contribution >= 4 is 47.0 Å². The molecule has 296 valence electrons. The van der Waals surface area contributed by atoms with Gasteiger partial charge in [0.15, 0.2) is 0 Å². The first-order chi connectivity index (χ1) is 28.1. The number of ether oxygens (including phenoxy) is 1. The van der Waals surface area contributed by atoms with Crippen LogP contribution in [0.4, 0.5) is 20.6 Å². The normalized spacial score (nSPS) is 20.1. The smallest absolute Gasteiger partial charge is 0.408 e. The Hall–Kier alpha value is -6.57. The molecular formula is C44H41FN6O7. The van der Waals surface area contributed by atoms with E-state index >= 15 is 4.39 Å². The number of imide groups is 2. The Kier molecular flexibility index (Phi) is 9.41. The van der Waals surface area contributed by atoms with Crippen molar-refractivity contribution in [2.45, 2.75) is 43.2 Å². The summed E-state index contributed by atoms with van der Waals surface area (Å²) in [5, 5.41) is 5.19. The minimum absolute atomic E-state index is 0.0105. The molecule has 0 spiro atoms. The van der Waals surface area contributed by atoms with E-state index in [0.717, 1.165) is 38.9 Å². The molecule has 4 aliphatic heterocycles. The van der Waals surface area contributed by atoms with Crippen LogP contribution in [0.1, 0.15) is 63.4 Å². The van der Waals surface area contributed by atoms with Gasteiger partial charge in [0.1, 0.15) is 24.0 Å². The maximum absolute atomic E-state index is 15.7. The molecule has 1 atom stereocenters. The maximum atomic E-state index is 15.7. The van der Waals surface area contributed by atoms with Gasteiger partial charge in [-0.1, -0.05) is 66.7 Å². The second-order valence-corrected chi connectivity index (χ2v) is 15.4. The van der Waals surface area contributed by atoms with Gasteiger partial charge in [0, 0.05) is 57.3 Å². The summed E-state index contributed by atoms with van der Waals surface area (Å²) in [4.78, 5) is 85.7. The number of fused-ring (bicyclic) bond motifs is 4. The molecule has 4 heterocycles. The fraction of sp³-hybridized carbons (Fsp3) is 0.318. The lowest BCUT2D eigenvalue weighted by molar-refractivity contribution is -0.139. The van der Waals surface area contributed by atoms with E-state index < -0.39 is 47.1 Å². The van der Waals surface area contributed by atoms with Gasteiger partial charge in [0.05, 0.1) is 16.8 Å². The highest BCUT2D eigenvalue weighted by molar-refractivity contribution is 6.23. The summed E-state index contributed by atoms with van der Waals surface area (Å²) < 4.78 is 21.6. The van der Waals surface area contributed by atoms with Gasteiger partial charge >= 0.3 is 6.09 Å². The van der Waals surface area contributed by atoms with Crippen molar-refractivity contribution < 1.29 is 37.9 Å². The molecule has 0 saturated carbocycles. The number of piperazine rings is 1. The molecule has 6 amide bonds. The first-order valence-corrected chi connectivity index (χ1v) is 19.6. The lowest BCUT2D eigenvalue weighted by Crippen LogP contribution is -2.66. The zero-order chi connectivity index (χ0) is 40.1. The standard InChI is InChI=1S/C44H41FN6O7/c45-35-24-32-33(41(55)51(40(32)54)36-14-15-38(52)46-39(36)53)25-37(35)49-20-22-50(23-21-49)42(56)44(16-18-48(19-17-44)27-8-2-1-3-9-27)47-43(57)58-26-34-30-12-6-4-10-28(30)29-11-5-7-13-31(29)34/h1-13,24-25,34,36H,14-23,26H2,(H,47,57)(H,46,52,53). The summed E-state index contributed by atoms with van der Waals surface area (Å²) in [6.45, 7) is 1.99. The molecule has 3 saturated heterocycles. The van der Waals surface area contributed by atoms with E-state index in [4.69, 9.17) is 4.74 Å². The Labute approximate surface area is 333 Å². The SMILES string of the molecule is O=C1CCC(N2C(=O)c3cc(F)c(N4CCN(C(=O)C5(NC(=O)OCC6c7ccccc7-c7ccccc76)CCN(c6ccccc6)CC5)CC4)cc3C2=O)C(=O)N1. The van der Waals surface area contributed by atoms with E-state index in [-0.39, 0.29) is 74.3 Å². The van der Waals surface area contributed by atoms with Crippen molar-refractivity contribution in [1.29, 1.82) is 0 Å². The van der Waals surface area contributed by atoms with Crippen molar-refractivity contribution in [2.24, 2.45) is 0 Å². The van der Waals surface area contributed by atoms with Crippen LogP contribution in [0.2, 0.25) is 0 Å². The number of amides is 6. The highest BCUT2D eigenvalue weighted by atomic mass is 19.1. The van der Waals surface area contributed by atoms with E-state index in [0.29, 0.717) is 25.9 Å². The molecule has 4 aromatic carbocycles. The molecule has 58 heavy (non-hydrogen) atoms. The predicted molar refractivity (Wildman–Crippen MR) is 211 cm³/mol. The summed E-state index contributed by atoms with van der Waals surface area (Å²) in [6.07, 6.45) is -0.0360. The Morgan fingerprint density at radius 1 is 0.741 bits per heavy atom. The van der Waals surface area contributed by atoms with Crippen LogP contribution in [0, 0.1) is 5.82 Å². The van der Waals surface area contributed by atoms with Gasteiger partial charge in [0.2, 0.25) is 17.7 Å². The van der Waals surface area contributed by atoms with Crippen molar-refractivity contribution in [1.82, 2.24) is 20.4 Å². The number of nitrogens with one attached hydrogen (secondary N) is 2. The molecule has 14 heteroatoms. The molecule has 0 radical (unpaired) electrons. The second kappa shape index (κ2) is 14.7. The molecule has 2 N–H and O–H groups in total. The van der Waals surface area contributed by atoms with Crippen molar-refractivity contribution in [3.8, 4) is 11.1 Å². The van der Waals surface area contributed by atoms with E-state index in [9.17, 15) is 28.8 Å². The molecule has 1 unspecified atom stereocenters. The van der Waals surface area contributed by atoms with Gasteiger partial charge in [-0.15, -0.1) is 0 Å². The number of piperidine rings is 2. The van der Waals surface area contributed by atoms with Gasteiger partial charge in [0.25, 0.3) is 11.8 Å². The quantitative estimate of drug-likeness (QED) is 0.260. The van der Waals surface area contributed by atoms with Gasteiger partial charge in [-0.2, -0.15) is 0 Å². The van der Waals surface area contributed by atoms with Crippen LogP contribution in [0.15, 0.2) is 91.0 Å². The first kappa shape index (κ1) is 37.0. The van der Waals surface area contributed by atoms with Gasteiger partial charge in [-0.25, -0.2) is 9.18 Å². The molecule has 5 aliphatic rings. The lowest BCUT2D eigenvalue weighted by Gasteiger charge is -2.45. The van der Waals surface area contributed by atoms with Crippen LogP contribution in [0.3, 0.4) is 0 Å². The summed E-state index contributed by atoms with van der Waals surface area (Å²) in [7, 11) is 0. The van der Waals surface area contributed by atoms with Crippen LogP contribution < -0.4 is 20.4 Å². The molecule has 0 aromatic heterocycles. The van der Waals surface area contributed by atoms with Crippen LogP contribution in [0.25, 0.3) is 11.1 Å². The average Bonchev–Trinajstić information content (AvgIpc) is 3.69. The molecule has 13 nitrogen and oxygen atoms in total. The van der Waals surface area contributed by atoms with Gasteiger partial charge in [-0.3, -0.25) is 34.2 Å². The number of para-hydroxylation sites is 1. The Balaban J connectivity index is 0.899. The minimum Gasteiger partial charge on any atom is -0.449 e. The molecule has 1 aliphatic carbocycles. The number of rotatable bonds is 7. The van der Waals surface area contributed by atoms with Gasteiger partial charge < -0.3 is 24.8 Å². The molecule has 3 fully saturated rings. The number of benzene rings is 4. The molecule has 4 aromatic rings. The van der Waals surface area contributed by atoms with E-state index in [1.54, 1.807) is 9.80 Å². The number of alkyl carbamates (subject to hydrolysis) is 1. The van der Waals surface area contributed by atoms with E-state index in [1.165, 1.54) is 6.07 Å². The van der Waals surface area contributed by atoms with Gasteiger partial charge in [-0.05, 0) is 65.8 Å². The summed E-state index contributed by atoms with van der Waals surface area (Å²) >= 11 is 0. The minimum atomic E-state index is -1.25. The third-order valence-corrected chi connectivity index (χ3v) is 12.2. The largest absolute Gasteiger partial charge is 0.449 e. The maximum Gasteiger partial charge on any atom is 0.408 e. The van der Waals surface area contributed by atoms with E-state index in [1.807, 2.05) is 66.7 Å². The summed E-state index contributed by atoms with van der Waals surface area (Å²) in [6, 6.07) is 27.2. The monoisotopic (exact) mass is 784 g/mol.